The quantitative estimate of drug-likeness (QED) is 0.234. The van der Waals surface area contributed by atoms with Crippen molar-refractivity contribution < 1.29 is 14.3 Å². The molecule has 0 saturated carbocycles. The number of pyridine rings is 1. The van der Waals surface area contributed by atoms with Crippen LogP contribution in [0.3, 0.4) is 0 Å². The molecule has 3 heterocycles. The summed E-state index contributed by atoms with van der Waals surface area (Å²) in [7, 11) is 2.93. The van der Waals surface area contributed by atoms with Crippen molar-refractivity contribution in [1.82, 2.24) is 19.9 Å². The Bertz CT molecular complexity index is 1400. The lowest BCUT2D eigenvalue weighted by Gasteiger charge is -2.17. The van der Waals surface area contributed by atoms with Crippen LogP contribution in [-0.2, 0) is 6.54 Å². The van der Waals surface area contributed by atoms with E-state index in [0.717, 1.165) is 25.3 Å². The molecule has 194 valence electrons. The van der Waals surface area contributed by atoms with Gasteiger partial charge in [0.2, 0.25) is 0 Å². The number of carbonyl (C=O) groups excluding carboxylic acids is 1. The minimum Gasteiger partial charge on any atom is -0.495 e. The first kappa shape index (κ1) is 26.9. The zero-order valence-corrected chi connectivity index (χ0v) is 23.1. The van der Waals surface area contributed by atoms with E-state index in [1.165, 1.54) is 31.9 Å². The number of rotatable bonds is 10. The van der Waals surface area contributed by atoms with E-state index in [4.69, 9.17) is 37.7 Å². The second-order valence-electron chi connectivity index (χ2n) is 7.89. The topological polar surface area (TPSA) is 102 Å². The summed E-state index contributed by atoms with van der Waals surface area (Å²) >= 11 is 14.2. The Labute approximate surface area is 228 Å². The van der Waals surface area contributed by atoms with E-state index in [-0.39, 0.29) is 15.7 Å². The second-order valence-corrected chi connectivity index (χ2v) is 9.52. The molecule has 0 unspecified atom stereocenters. The molecule has 0 atom stereocenters. The van der Waals surface area contributed by atoms with Gasteiger partial charge in [0.25, 0.3) is 5.91 Å². The molecular weight excluding hydrogens is 535 g/mol. The molecule has 0 fully saturated rings. The average Bonchev–Trinajstić information content (AvgIpc) is 3.35. The molecule has 4 rings (SSSR count). The molecule has 37 heavy (non-hydrogen) atoms. The second kappa shape index (κ2) is 11.9. The summed E-state index contributed by atoms with van der Waals surface area (Å²) in [4.78, 5) is 29.0. The Balaban J connectivity index is 1.62. The minimum atomic E-state index is -0.436. The fourth-order valence-electron chi connectivity index (χ4n) is 3.71. The summed E-state index contributed by atoms with van der Waals surface area (Å²) in [5.41, 5.74) is 1.97. The van der Waals surface area contributed by atoms with Crippen LogP contribution < -0.4 is 20.1 Å². The van der Waals surface area contributed by atoms with Gasteiger partial charge in [-0.25, -0.2) is 15.0 Å². The van der Waals surface area contributed by atoms with Gasteiger partial charge >= 0.3 is 0 Å². The zero-order chi connectivity index (χ0) is 26.5. The Morgan fingerprint density at radius 1 is 1.08 bits per heavy atom. The number of amides is 1. The van der Waals surface area contributed by atoms with Crippen molar-refractivity contribution in [2.75, 3.05) is 37.9 Å². The number of fused-ring (bicyclic) bond motifs is 1. The van der Waals surface area contributed by atoms with E-state index in [2.05, 4.69) is 39.3 Å². The van der Waals surface area contributed by atoms with Crippen LogP contribution in [0.1, 0.15) is 29.9 Å². The molecule has 1 amide bonds. The van der Waals surface area contributed by atoms with Gasteiger partial charge in [-0.2, -0.15) is 0 Å². The third-order valence-corrected chi connectivity index (χ3v) is 7.47. The Hall–Kier alpha value is -3.18. The van der Waals surface area contributed by atoms with Crippen molar-refractivity contribution in [2.24, 2.45) is 0 Å². The molecule has 0 radical (unpaired) electrons. The van der Waals surface area contributed by atoms with Crippen LogP contribution in [0.2, 0.25) is 10.0 Å². The lowest BCUT2D eigenvalue weighted by atomic mass is 10.2. The number of nitrogens with one attached hydrogen (secondary N) is 2. The van der Waals surface area contributed by atoms with E-state index in [1.54, 1.807) is 11.4 Å². The van der Waals surface area contributed by atoms with Crippen molar-refractivity contribution in [3.63, 3.8) is 0 Å². The summed E-state index contributed by atoms with van der Waals surface area (Å²) in [6.07, 6.45) is 1.41. The van der Waals surface area contributed by atoms with Gasteiger partial charge in [-0.15, -0.1) is 11.3 Å². The van der Waals surface area contributed by atoms with E-state index < -0.39 is 5.91 Å². The van der Waals surface area contributed by atoms with Crippen molar-refractivity contribution >= 4 is 68.0 Å². The molecule has 0 spiro atoms. The van der Waals surface area contributed by atoms with Gasteiger partial charge in [-0.05, 0) is 25.2 Å². The highest BCUT2D eigenvalue weighted by molar-refractivity contribution is 7.18. The van der Waals surface area contributed by atoms with E-state index in [9.17, 15) is 4.79 Å². The maximum atomic E-state index is 13.3. The van der Waals surface area contributed by atoms with Gasteiger partial charge in [-0.1, -0.05) is 43.1 Å². The highest BCUT2D eigenvalue weighted by Gasteiger charge is 2.22. The molecule has 1 aromatic carbocycles. The van der Waals surface area contributed by atoms with E-state index in [0.29, 0.717) is 38.9 Å². The predicted molar refractivity (Wildman–Crippen MR) is 149 cm³/mol. The van der Waals surface area contributed by atoms with Gasteiger partial charge in [0.1, 0.15) is 33.7 Å². The predicted octanol–water partition coefficient (Wildman–Crippen LogP) is 6.25. The number of hydrogen-bond donors (Lipinski definition) is 2. The van der Waals surface area contributed by atoms with Gasteiger partial charge in [0.15, 0.2) is 5.82 Å². The molecule has 12 heteroatoms. The molecule has 9 nitrogen and oxygen atoms in total. The zero-order valence-electron chi connectivity index (χ0n) is 20.8. The first-order valence-electron chi connectivity index (χ1n) is 11.5. The number of nitrogens with zero attached hydrogens (tertiary/aromatic N) is 4. The number of carbonyl (C=O) groups is 1. The highest BCUT2D eigenvalue weighted by atomic mass is 35.5. The molecule has 0 aliphatic carbocycles. The number of benzene rings is 1. The highest BCUT2D eigenvalue weighted by Crippen LogP contribution is 2.44. The number of anilines is 3. The van der Waals surface area contributed by atoms with Crippen LogP contribution in [0.4, 0.5) is 17.3 Å². The van der Waals surface area contributed by atoms with Crippen molar-refractivity contribution in [2.45, 2.75) is 20.4 Å². The lowest BCUT2D eigenvalue weighted by Crippen LogP contribution is -2.22. The van der Waals surface area contributed by atoms with Crippen LogP contribution in [0.15, 0.2) is 36.0 Å². The molecule has 3 aromatic heterocycles. The normalized spacial score (nSPS) is 11.1. The molecule has 0 aliphatic rings. The van der Waals surface area contributed by atoms with Crippen molar-refractivity contribution in [3.8, 4) is 11.5 Å². The molecular formula is C25H26Cl2N6O3S. The average molecular weight is 561 g/mol. The third-order valence-electron chi connectivity index (χ3n) is 5.74. The smallest absolute Gasteiger partial charge is 0.258 e. The molecule has 0 saturated heterocycles. The molecule has 0 aliphatic heterocycles. The fourth-order valence-corrected chi connectivity index (χ4v) is 5.25. The summed E-state index contributed by atoms with van der Waals surface area (Å²) in [6.45, 7) is 6.90. The Kier molecular flexibility index (Phi) is 8.65. The van der Waals surface area contributed by atoms with Crippen LogP contribution in [0, 0.1) is 0 Å². The number of hydrogen-bond acceptors (Lipinski definition) is 9. The van der Waals surface area contributed by atoms with Gasteiger partial charge in [-0.3, -0.25) is 9.69 Å². The molecule has 2 N–H and O–H groups in total. The van der Waals surface area contributed by atoms with E-state index >= 15 is 0 Å². The lowest BCUT2D eigenvalue weighted by molar-refractivity contribution is 0.102. The number of methoxy groups -OCH3 is 2. The minimum absolute atomic E-state index is 0.161. The monoisotopic (exact) mass is 560 g/mol. The molecule has 0 bridgehead atoms. The summed E-state index contributed by atoms with van der Waals surface area (Å²) < 4.78 is 11.3. The van der Waals surface area contributed by atoms with Crippen molar-refractivity contribution in [3.05, 3.63) is 57.3 Å². The molecule has 4 aromatic rings. The summed E-state index contributed by atoms with van der Waals surface area (Å²) in [5, 5.41) is 8.08. The van der Waals surface area contributed by atoms with Gasteiger partial charge in [0, 0.05) is 18.0 Å². The Morgan fingerprint density at radius 3 is 2.43 bits per heavy atom. The van der Waals surface area contributed by atoms with Crippen molar-refractivity contribution in [1.29, 1.82) is 0 Å². The number of aromatic nitrogens is 3. The fraction of sp³-hybridized carbons (Fsp3) is 0.280. The summed E-state index contributed by atoms with van der Waals surface area (Å²) in [6, 6.07) is 7.38. The van der Waals surface area contributed by atoms with Crippen LogP contribution in [0.25, 0.3) is 10.2 Å². The number of thiophene rings is 1. The third kappa shape index (κ3) is 5.72. The largest absolute Gasteiger partial charge is 0.495 e. The van der Waals surface area contributed by atoms with Gasteiger partial charge < -0.3 is 20.1 Å². The SMILES string of the molecule is CCN(CC)Cc1cccc(Nc2ncnc3c(C(=O)Nc4c(Cl)c(OC)cc(OC)c4Cl)csc23)n1. The number of halogens is 2. The summed E-state index contributed by atoms with van der Waals surface area (Å²) in [5.74, 6) is 1.41. The van der Waals surface area contributed by atoms with Crippen LogP contribution >= 0.6 is 34.5 Å². The first-order chi connectivity index (χ1) is 17.9. The standard InChI is InChI=1S/C25H26Cl2N6O3S/c1-5-33(6-2)11-14-8-7-9-18(30-14)31-24-23-21(28-13-29-24)15(12-37-23)25(34)32-22-19(26)16(35-3)10-17(36-4)20(22)27/h7-10,12-13H,5-6,11H2,1-4H3,(H,32,34)(H,28,29,30,31). The van der Waals surface area contributed by atoms with Gasteiger partial charge in [0.05, 0.1) is 41.4 Å². The Morgan fingerprint density at radius 2 is 1.78 bits per heavy atom. The van der Waals surface area contributed by atoms with Crippen LogP contribution in [0.5, 0.6) is 11.5 Å². The van der Waals surface area contributed by atoms with E-state index in [1.807, 2.05) is 18.2 Å². The maximum Gasteiger partial charge on any atom is 0.258 e. The van der Waals surface area contributed by atoms with Crippen LogP contribution in [-0.4, -0.2) is 53.1 Å². The first-order valence-corrected chi connectivity index (χ1v) is 13.1. The number of ether oxygens (including phenoxy) is 2. The maximum absolute atomic E-state index is 13.3.